The summed E-state index contributed by atoms with van der Waals surface area (Å²) in [7, 11) is -3.57. The van der Waals surface area contributed by atoms with Gasteiger partial charge < -0.3 is 10.6 Å². The molecule has 2 N–H and O–H groups in total. The Labute approximate surface area is 159 Å². The Hall–Kier alpha value is -2.71. The van der Waals surface area contributed by atoms with Crippen LogP contribution < -0.4 is 10.6 Å². The number of hydrogen-bond donors (Lipinski definition) is 2. The quantitative estimate of drug-likeness (QED) is 0.760. The highest BCUT2D eigenvalue weighted by Crippen LogP contribution is 2.16. The molecule has 2 aromatic rings. The van der Waals surface area contributed by atoms with E-state index >= 15 is 0 Å². The maximum Gasteiger partial charge on any atom is 0.239 e. The summed E-state index contributed by atoms with van der Waals surface area (Å²) < 4.78 is 25.2. The lowest BCUT2D eigenvalue weighted by Gasteiger charge is -2.20. The first kappa shape index (κ1) is 20.6. The van der Waals surface area contributed by atoms with Gasteiger partial charge in [-0.15, -0.1) is 0 Å². The molecule has 8 heteroatoms. The second-order valence-electron chi connectivity index (χ2n) is 6.33. The van der Waals surface area contributed by atoms with Crippen molar-refractivity contribution < 1.29 is 18.0 Å². The lowest BCUT2D eigenvalue weighted by Crippen LogP contribution is -2.36. The molecular weight excluding hydrogens is 366 g/mol. The Morgan fingerprint density at radius 1 is 1.00 bits per heavy atom. The van der Waals surface area contributed by atoms with Gasteiger partial charge in [0.05, 0.1) is 12.8 Å². The van der Waals surface area contributed by atoms with Crippen LogP contribution in [0.3, 0.4) is 0 Å². The predicted molar refractivity (Wildman–Crippen MR) is 106 cm³/mol. The number of amides is 2. The van der Waals surface area contributed by atoms with Gasteiger partial charge in [0.1, 0.15) is 0 Å². The van der Waals surface area contributed by atoms with Crippen molar-refractivity contribution in [3.05, 3.63) is 59.7 Å². The second kappa shape index (κ2) is 8.79. The number of rotatable bonds is 7. The number of anilines is 2. The van der Waals surface area contributed by atoms with Gasteiger partial charge in [0.15, 0.2) is 0 Å². The van der Waals surface area contributed by atoms with Gasteiger partial charge in [-0.1, -0.05) is 35.9 Å². The number of sulfonamides is 1. The van der Waals surface area contributed by atoms with Gasteiger partial charge in [0, 0.05) is 24.8 Å². The van der Waals surface area contributed by atoms with Gasteiger partial charge in [-0.3, -0.25) is 9.59 Å². The number of hydrogen-bond acceptors (Lipinski definition) is 4. The van der Waals surface area contributed by atoms with Crippen molar-refractivity contribution in [2.75, 3.05) is 23.4 Å². The molecule has 0 aliphatic heterocycles. The molecular formula is C19H23N3O4S. The molecule has 7 nitrogen and oxygen atoms in total. The molecule has 0 unspecified atom stereocenters. The van der Waals surface area contributed by atoms with Gasteiger partial charge in [-0.2, -0.15) is 4.31 Å². The monoisotopic (exact) mass is 389 g/mol. The van der Waals surface area contributed by atoms with Crippen LogP contribution in [0.2, 0.25) is 0 Å². The summed E-state index contributed by atoms with van der Waals surface area (Å²) >= 11 is 0. The molecule has 0 saturated heterocycles. The van der Waals surface area contributed by atoms with E-state index < -0.39 is 15.9 Å². The van der Waals surface area contributed by atoms with Gasteiger partial charge in [-0.05, 0) is 30.7 Å². The SMILES string of the molecule is CC(=O)Nc1cccc(NC(=O)CN(Cc2ccc(C)cc2)S(C)(=O)=O)c1. The molecule has 144 valence electrons. The minimum Gasteiger partial charge on any atom is -0.326 e. The summed E-state index contributed by atoms with van der Waals surface area (Å²) in [5.41, 5.74) is 2.88. The van der Waals surface area contributed by atoms with Crippen LogP contribution in [-0.2, 0) is 26.2 Å². The van der Waals surface area contributed by atoms with Crippen LogP contribution >= 0.6 is 0 Å². The van der Waals surface area contributed by atoms with E-state index in [1.807, 2.05) is 31.2 Å². The normalized spacial score (nSPS) is 11.3. The molecule has 0 atom stereocenters. The van der Waals surface area contributed by atoms with Gasteiger partial charge in [-0.25, -0.2) is 8.42 Å². The van der Waals surface area contributed by atoms with E-state index in [0.29, 0.717) is 11.4 Å². The smallest absolute Gasteiger partial charge is 0.239 e. The molecule has 0 fully saturated rings. The minimum absolute atomic E-state index is 0.110. The van der Waals surface area contributed by atoms with E-state index in [0.717, 1.165) is 21.7 Å². The second-order valence-corrected chi connectivity index (χ2v) is 8.31. The fourth-order valence-electron chi connectivity index (χ4n) is 2.43. The first-order chi connectivity index (χ1) is 12.6. The fourth-order valence-corrected chi connectivity index (χ4v) is 3.16. The number of nitrogens with zero attached hydrogens (tertiary/aromatic N) is 1. The highest BCUT2D eigenvalue weighted by Gasteiger charge is 2.20. The molecule has 27 heavy (non-hydrogen) atoms. The summed E-state index contributed by atoms with van der Waals surface area (Å²) in [6.45, 7) is 3.14. The number of carbonyl (C=O) groups excluding carboxylic acids is 2. The zero-order chi connectivity index (χ0) is 20.0. The van der Waals surface area contributed by atoms with Crippen LogP contribution in [-0.4, -0.2) is 37.3 Å². The number of carbonyl (C=O) groups is 2. The molecule has 0 radical (unpaired) electrons. The van der Waals surface area contributed by atoms with Crippen molar-refractivity contribution in [2.45, 2.75) is 20.4 Å². The zero-order valence-electron chi connectivity index (χ0n) is 15.5. The summed E-state index contributed by atoms with van der Waals surface area (Å²) in [5, 5.41) is 5.28. The predicted octanol–water partition coefficient (Wildman–Crippen LogP) is 2.35. The summed E-state index contributed by atoms with van der Waals surface area (Å²) in [6.07, 6.45) is 1.08. The molecule has 0 bridgehead atoms. The molecule has 0 heterocycles. The van der Waals surface area contributed by atoms with Crippen LogP contribution in [0.5, 0.6) is 0 Å². The van der Waals surface area contributed by atoms with Gasteiger partial charge in [0.25, 0.3) is 0 Å². The van der Waals surface area contributed by atoms with E-state index in [-0.39, 0.29) is 19.0 Å². The number of benzene rings is 2. The molecule has 0 aliphatic carbocycles. The summed E-state index contributed by atoms with van der Waals surface area (Å²) in [4.78, 5) is 23.5. The molecule has 2 amide bonds. The number of aryl methyl sites for hydroxylation is 1. The minimum atomic E-state index is -3.57. The Bertz CT molecular complexity index is 924. The molecule has 0 saturated carbocycles. The van der Waals surface area contributed by atoms with Gasteiger partial charge in [0.2, 0.25) is 21.8 Å². The maximum atomic E-state index is 12.3. The van der Waals surface area contributed by atoms with E-state index in [2.05, 4.69) is 10.6 Å². The first-order valence-corrected chi connectivity index (χ1v) is 10.2. The Balaban J connectivity index is 2.07. The largest absolute Gasteiger partial charge is 0.326 e. The summed E-state index contributed by atoms with van der Waals surface area (Å²) in [5.74, 6) is -0.688. The first-order valence-electron chi connectivity index (χ1n) is 8.31. The van der Waals surface area contributed by atoms with Crippen LogP contribution in [0.25, 0.3) is 0 Å². The van der Waals surface area contributed by atoms with E-state index in [4.69, 9.17) is 0 Å². The van der Waals surface area contributed by atoms with Crippen molar-refractivity contribution >= 4 is 33.2 Å². The summed E-state index contributed by atoms with van der Waals surface area (Å²) in [6, 6.07) is 14.1. The lowest BCUT2D eigenvalue weighted by atomic mass is 10.1. The van der Waals surface area contributed by atoms with E-state index in [1.54, 1.807) is 24.3 Å². The zero-order valence-corrected chi connectivity index (χ0v) is 16.3. The topological polar surface area (TPSA) is 95.6 Å². The molecule has 2 aromatic carbocycles. The molecule has 0 spiro atoms. The Kier molecular flexibility index (Phi) is 6.70. The highest BCUT2D eigenvalue weighted by molar-refractivity contribution is 7.88. The van der Waals surface area contributed by atoms with Crippen molar-refractivity contribution in [3.8, 4) is 0 Å². The van der Waals surface area contributed by atoms with Crippen molar-refractivity contribution in [1.29, 1.82) is 0 Å². The van der Waals surface area contributed by atoms with Crippen molar-refractivity contribution in [2.24, 2.45) is 0 Å². The Morgan fingerprint density at radius 3 is 2.15 bits per heavy atom. The molecule has 0 aliphatic rings. The van der Waals surface area contributed by atoms with Crippen LogP contribution in [0.15, 0.2) is 48.5 Å². The molecule has 2 rings (SSSR count). The third kappa shape index (κ3) is 6.84. The van der Waals surface area contributed by atoms with E-state index in [1.165, 1.54) is 6.92 Å². The lowest BCUT2D eigenvalue weighted by molar-refractivity contribution is -0.116. The average molecular weight is 389 g/mol. The van der Waals surface area contributed by atoms with Crippen LogP contribution in [0, 0.1) is 6.92 Å². The standard InChI is InChI=1S/C19H23N3O4S/c1-14-7-9-16(10-8-14)12-22(27(3,25)26)13-19(24)21-18-6-4-5-17(11-18)20-15(2)23/h4-11H,12-13H2,1-3H3,(H,20,23)(H,21,24). The van der Waals surface area contributed by atoms with Crippen LogP contribution in [0.4, 0.5) is 11.4 Å². The molecule has 0 aromatic heterocycles. The fraction of sp³-hybridized carbons (Fsp3) is 0.263. The average Bonchev–Trinajstić information content (AvgIpc) is 2.55. The number of nitrogens with one attached hydrogen (secondary N) is 2. The maximum absolute atomic E-state index is 12.3. The highest BCUT2D eigenvalue weighted by atomic mass is 32.2. The van der Waals surface area contributed by atoms with Crippen LogP contribution in [0.1, 0.15) is 18.1 Å². The van der Waals surface area contributed by atoms with E-state index in [9.17, 15) is 18.0 Å². The van der Waals surface area contributed by atoms with Crippen molar-refractivity contribution in [3.63, 3.8) is 0 Å². The van der Waals surface area contributed by atoms with Crippen molar-refractivity contribution in [1.82, 2.24) is 4.31 Å². The Morgan fingerprint density at radius 2 is 1.59 bits per heavy atom. The van der Waals surface area contributed by atoms with Gasteiger partial charge >= 0.3 is 0 Å². The third-order valence-electron chi connectivity index (χ3n) is 3.74. The third-order valence-corrected chi connectivity index (χ3v) is 4.93.